The summed E-state index contributed by atoms with van der Waals surface area (Å²) in [6.45, 7) is 1.18. The molecule has 21 heavy (non-hydrogen) atoms. The first-order chi connectivity index (χ1) is 9.92. The van der Waals surface area contributed by atoms with Gasteiger partial charge in [-0.3, -0.25) is 0 Å². The fourth-order valence-electron chi connectivity index (χ4n) is 3.31. The molecule has 7 nitrogen and oxygen atoms in total. The van der Waals surface area contributed by atoms with Crippen molar-refractivity contribution in [3.8, 4) is 0 Å². The average molecular weight is 300 g/mol. The SMILES string of the molecule is O=C(O)C(O)CCNC(=O)N1CCC2(O)CCCCC2C1. The zero-order chi connectivity index (χ0) is 15.5. The van der Waals surface area contributed by atoms with Crippen LogP contribution in [0.25, 0.3) is 0 Å². The molecule has 0 aromatic carbocycles. The lowest BCUT2D eigenvalue weighted by atomic mass is 9.71. The molecule has 0 radical (unpaired) electrons. The maximum atomic E-state index is 12.0. The van der Waals surface area contributed by atoms with Crippen LogP contribution in [-0.2, 0) is 4.79 Å². The number of carbonyl (C=O) groups excluding carboxylic acids is 1. The van der Waals surface area contributed by atoms with E-state index in [1.807, 2.05) is 0 Å². The van der Waals surface area contributed by atoms with Crippen molar-refractivity contribution in [2.45, 2.75) is 50.2 Å². The number of rotatable bonds is 4. The molecular formula is C14H24N2O5. The minimum Gasteiger partial charge on any atom is -0.479 e. The molecule has 1 aliphatic carbocycles. The van der Waals surface area contributed by atoms with Crippen molar-refractivity contribution in [1.29, 1.82) is 0 Å². The van der Waals surface area contributed by atoms with E-state index in [0.717, 1.165) is 25.7 Å². The number of urea groups is 1. The lowest BCUT2D eigenvalue weighted by molar-refractivity contribution is -0.146. The van der Waals surface area contributed by atoms with Crippen LogP contribution in [0.1, 0.15) is 38.5 Å². The Morgan fingerprint density at radius 3 is 2.81 bits per heavy atom. The number of hydrogen-bond donors (Lipinski definition) is 4. The van der Waals surface area contributed by atoms with Crippen LogP contribution in [0.2, 0.25) is 0 Å². The molecule has 2 aliphatic rings. The molecule has 1 saturated heterocycles. The maximum absolute atomic E-state index is 12.0. The molecule has 2 fully saturated rings. The fourth-order valence-corrected chi connectivity index (χ4v) is 3.31. The molecule has 0 spiro atoms. The molecule has 7 heteroatoms. The highest BCUT2D eigenvalue weighted by molar-refractivity contribution is 5.75. The van der Waals surface area contributed by atoms with E-state index in [1.165, 1.54) is 0 Å². The summed E-state index contributed by atoms with van der Waals surface area (Å²) in [7, 11) is 0. The number of fused-ring (bicyclic) bond motifs is 1. The molecular weight excluding hydrogens is 276 g/mol. The molecule has 1 heterocycles. The smallest absolute Gasteiger partial charge is 0.332 e. The Bertz CT molecular complexity index is 403. The number of nitrogens with one attached hydrogen (secondary N) is 1. The molecule has 2 rings (SSSR count). The van der Waals surface area contributed by atoms with Gasteiger partial charge in [-0.15, -0.1) is 0 Å². The molecule has 0 bridgehead atoms. The van der Waals surface area contributed by atoms with Gasteiger partial charge in [0.25, 0.3) is 0 Å². The second kappa shape index (κ2) is 6.62. The Morgan fingerprint density at radius 1 is 1.33 bits per heavy atom. The van der Waals surface area contributed by atoms with Crippen molar-refractivity contribution in [3.63, 3.8) is 0 Å². The number of carboxylic acids is 1. The lowest BCUT2D eigenvalue weighted by Gasteiger charge is -2.47. The standard InChI is InChI=1S/C14H24N2O5/c17-11(12(18)19)4-7-15-13(20)16-8-6-14(21)5-2-1-3-10(14)9-16/h10-11,17,21H,1-9H2,(H,15,20)(H,18,19). The molecule has 1 aliphatic heterocycles. The number of amides is 2. The van der Waals surface area contributed by atoms with Crippen molar-refractivity contribution >= 4 is 12.0 Å². The van der Waals surface area contributed by atoms with E-state index in [0.29, 0.717) is 19.5 Å². The average Bonchev–Trinajstić information content (AvgIpc) is 2.45. The van der Waals surface area contributed by atoms with Gasteiger partial charge in [-0.2, -0.15) is 0 Å². The summed E-state index contributed by atoms with van der Waals surface area (Å²) in [5, 5.41) is 30.9. The quantitative estimate of drug-likeness (QED) is 0.591. The van der Waals surface area contributed by atoms with E-state index in [1.54, 1.807) is 4.90 Å². The van der Waals surface area contributed by atoms with Gasteiger partial charge in [-0.1, -0.05) is 12.8 Å². The molecule has 1 saturated carbocycles. The van der Waals surface area contributed by atoms with Crippen LogP contribution in [0.5, 0.6) is 0 Å². The van der Waals surface area contributed by atoms with Crippen molar-refractivity contribution in [2.75, 3.05) is 19.6 Å². The number of likely N-dealkylation sites (tertiary alicyclic amines) is 1. The van der Waals surface area contributed by atoms with Gasteiger partial charge >= 0.3 is 12.0 Å². The summed E-state index contributed by atoms with van der Waals surface area (Å²) in [4.78, 5) is 24.2. The first-order valence-electron chi connectivity index (χ1n) is 7.58. The van der Waals surface area contributed by atoms with Gasteiger partial charge < -0.3 is 25.5 Å². The van der Waals surface area contributed by atoms with Crippen LogP contribution >= 0.6 is 0 Å². The summed E-state index contributed by atoms with van der Waals surface area (Å²) in [5.74, 6) is -1.15. The highest BCUT2D eigenvalue weighted by Crippen LogP contribution is 2.39. The third-order valence-electron chi connectivity index (χ3n) is 4.69. The van der Waals surface area contributed by atoms with E-state index in [4.69, 9.17) is 10.2 Å². The van der Waals surface area contributed by atoms with Gasteiger partial charge in [0.05, 0.1) is 5.60 Å². The third-order valence-corrected chi connectivity index (χ3v) is 4.69. The van der Waals surface area contributed by atoms with Gasteiger partial charge in [0.2, 0.25) is 0 Å². The van der Waals surface area contributed by atoms with Crippen molar-refractivity contribution in [3.05, 3.63) is 0 Å². The Labute approximate surface area is 123 Å². The molecule has 2 amide bonds. The van der Waals surface area contributed by atoms with Gasteiger partial charge in [0.1, 0.15) is 0 Å². The van der Waals surface area contributed by atoms with E-state index in [9.17, 15) is 14.7 Å². The van der Waals surface area contributed by atoms with E-state index in [2.05, 4.69) is 5.32 Å². The Hall–Kier alpha value is -1.34. The van der Waals surface area contributed by atoms with Crippen molar-refractivity contribution in [1.82, 2.24) is 10.2 Å². The van der Waals surface area contributed by atoms with Crippen LogP contribution < -0.4 is 5.32 Å². The molecule has 4 N–H and O–H groups in total. The number of aliphatic carboxylic acids is 1. The molecule has 0 aromatic rings. The van der Waals surface area contributed by atoms with Crippen molar-refractivity contribution < 1.29 is 24.9 Å². The monoisotopic (exact) mass is 300 g/mol. The van der Waals surface area contributed by atoms with Crippen LogP contribution in [0.15, 0.2) is 0 Å². The number of aliphatic hydroxyl groups is 2. The summed E-state index contributed by atoms with van der Waals surface area (Å²) in [5.41, 5.74) is -0.617. The van der Waals surface area contributed by atoms with Gasteiger partial charge in [-0.05, 0) is 19.3 Å². The molecule has 0 aromatic heterocycles. The number of carboxylic acid groups (broad SMARTS) is 1. The summed E-state index contributed by atoms with van der Waals surface area (Å²) < 4.78 is 0. The van der Waals surface area contributed by atoms with Crippen LogP contribution in [0.4, 0.5) is 4.79 Å². The third kappa shape index (κ3) is 3.85. The first-order valence-corrected chi connectivity index (χ1v) is 7.58. The number of aliphatic hydroxyl groups excluding tert-OH is 1. The van der Waals surface area contributed by atoms with E-state index < -0.39 is 17.7 Å². The predicted octanol–water partition coefficient (Wildman–Crippen LogP) is 0.159. The van der Waals surface area contributed by atoms with Gasteiger partial charge in [0, 0.05) is 32.0 Å². The highest BCUT2D eigenvalue weighted by Gasteiger charge is 2.43. The minimum atomic E-state index is -1.45. The van der Waals surface area contributed by atoms with Crippen LogP contribution in [0.3, 0.4) is 0 Å². The number of piperidine rings is 1. The highest BCUT2D eigenvalue weighted by atomic mass is 16.4. The normalized spacial score (nSPS) is 30.4. The Balaban J connectivity index is 1.77. The largest absolute Gasteiger partial charge is 0.479 e. The zero-order valence-corrected chi connectivity index (χ0v) is 12.1. The minimum absolute atomic E-state index is 0.0116. The fraction of sp³-hybridized carbons (Fsp3) is 0.857. The predicted molar refractivity (Wildman–Crippen MR) is 74.8 cm³/mol. The summed E-state index contributed by atoms with van der Waals surface area (Å²) in [6, 6.07) is -0.250. The van der Waals surface area contributed by atoms with Crippen LogP contribution in [-0.4, -0.2) is 63.6 Å². The topological polar surface area (TPSA) is 110 Å². The van der Waals surface area contributed by atoms with Crippen LogP contribution in [0, 0.1) is 5.92 Å². The first kappa shape index (κ1) is 16.0. The second-order valence-electron chi connectivity index (χ2n) is 6.12. The number of hydrogen-bond acceptors (Lipinski definition) is 4. The maximum Gasteiger partial charge on any atom is 0.332 e. The van der Waals surface area contributed by atoms with Crippen molar-refractivity contribution in [2.24, 2.45) is 5.92 Å². The Morgan fingerprint density at radius 2 is 2.10 bits per heavy atom. The zero-order valence-electron chi connectivity index (χ0n) is 12.1. The second-order valence-corrected chi connectivity index (χ2v) is 6.12. The number of carbonyl (C=O) groups is 2. The van der Waals surface area contributed by atoms with E-state index >= 15 is 0 Å². The lowest BCUT2D eigenvalue weighted by Crippen LogP contribution is -2.56. The van der Waals surface area contributed by atoms with E-state index in [-0.39, 0.29) is 24.9 Å². The van der Waals surface area contributed by atoms with Gasteiger partial charge in [-0.25, -0.2) is 9.59 Å². The summed E-state index contributed by atoms with van der Waals surface area (Å²) >= 11 is 0. The Kier molecular flexibility index (Phi) is 5.05. The molecule has 3 atom stereocenters. The molecule has 3 unspecified atom stereocenters. The van der Waals surface area contributed by atoms with Gasteiger partial charge in [0.15, 0.2) is 6.10 Å². The number of nitrogens with zero attached hydrogens (tertiary/aromatic N) is 1. The summed E-state index contributed by atoms with van der Waals surface area (Å²) in [6.07, 6.45) is 3.04. The molecule has 120 valence electrons.